The van der Waals surface area contributed by atoms with E-state index >= 15 is 0 Å². The van der Waals surface area contributed by atoms with E-state index in [9.17, 15) is 14.9 Å². The van der Waals surface area contributed by atoms with Crippen molar-refractivity contribution in [3.05, 3.63) is 69.8 Å². The Morgan fingerprint density at radius 1 is 1.17 bits per heavy atom. The van der Waals surface area contributed by atoms with Crippen molar-refractivity contribution in [2.75, 3.05) is 13.3 Å². The van der Waals surface area contributed by atoms with E-state index in [4.69, 9.17) is 0 Å². The van der Waals surface area contributed by atoms with Crippen molar-refractivity contribution in [1.82, 2.24) is 4.90 Å². The molecule has 6 heteroatoms. The van der Waals surface area contributed by atoms with Crippen molar-refractivity contribution in [1.29, 1.82) is 0 Å². The number of hydrogen-bond donors (Lipinski definition) is 0. The zero-order valence-corrected chi connectivity index (χ0v) is 13.9. The van der Waals surface area contributed by atoms with E-state index in [1.807, 2.05) is 30.5 Å². The van der Waals surface area contributed by atoms with Gasteiger partial charge in [-0.25, -0.2) is 0 Å². The van der Waals surface area contributed by atoms with Crippen LogP contribution in [0.4, 0.5) is 5.69 Å². The average Bonchev–Trinajstić information content (AvgIpc) is 2.55. The highest BCUT2D eigenvalue weighted by atomic mass is 32.2. The third kappa shape index (κ3) is 4.56. The van der Waals surface area contributed by atoms with Crippen molar-refractivity contribution < 1.29 is 9.72 Å². The molecule has 0 atom stereocenters. The minimum absolute atomic E-state index is 0.0187. The van der Waals surface area contributed by atoms with E-state index < -0.39 is 4.92 Å². The standard InChI is InChI=1S/C17H18N2O3S/c1-18(12-14-5-3-4-6-16(14)23-2)17(20)11-13-7-9-15(10-8-13)19(21)22/h3-10H,11-12H2,1-2H3. The summed E-state index contributed by atoms with van der Waals surface area (Å²) in [4.78, 5) is 25.3. The monoisotopic (exact) mass is 330 g/mol. The fourth-order valence-corrected chi connectivity index (χ4v) is 2.83. The van der Waals surface area contributed by atoms with Crippen molar-refractivity contribution in [2.24, 2.45) is 0 Å². The Balaban J connectivity index is 2.01. The number of amides is 1. The molecule has 0 bridgehead atoms. The van der Waals surface area contributed by atoms with E-state index in [1.54, 1.807) is 35.8 Å². The number of non-ortho nitro benzene ring substituents is 1. The molecule has 0 spiro atoms. The fourth-order valence-electron chi connectivity index (χ4n) is 2.22. The van der Waals surface area contributed by atoms with Gasteiger partial charge in [-0.2, -0.15) is 0 Å². The van der Waals surface area contributed by atoms with E-state index in [-0.39, 0.29) is 18.0 Å². The third-order valence-corrected chi connectivity index (χ3v) is 4.37. The third-order valence-electron chi connectivity index (χ3n) is 3.53. The van der Waals surface area contributed by atoms with Gasteiger partial charge in [0.25, 0.3) is 5.69 Å². The van der Waals surface area contributed by atoms with Crippen LogP contribution in [0.15, 0.2) is 53.4 Å². The van der Waals surface area contributed by atoms with Crippen LogP contribution in [0.1, 0.15) is 11.1 Å². The van der Waals surface area contributed by atoms with Crippen LogP contribution in [-0.2, 0) is 17.8 Å². The molecule has 0 radical (unpaired) electrons. The van der Waals surface area contributed by atoms with Crippen LogP contribution < -0.4 is 0 Å². The zero-order chi connectivity index (χ0) is 16.8. The number of thioether (sulfide) groups is 1. The quantitative estimate of drug-likeness (QED) is 0.462. The highest BCUT2D eigenvalue weighted by Crippen LogP contribution is 2.21. The fraction of sp³-hybridized carbons (Fsp3) is 0.235. The van der Waals surface area contributed by atoms with Gasteiger partial charge < -0.3 is 4.90 Å². The molecule has 5 nitrogen and oxygen atoms in total. The number of hydrogen-bond acceptors (Lipinski definition) is 4. The molecule has 2 rings (SSSR count). The first kappa shape index (κ1) is 17.0. The molecule has 0 saturated heterocycles. The van der Waals surface area contributed by atoms with Crippen molar-refractivity contribution in [2.45, 2.75) is 17.9 Å². The van der Waals surface area contributed by atoms with Gasteiger partial charge in [-0.1, -0.05) is 30.3 Å². The summed E-state index contributed by atoms with van der Waals surface area (Å²) in [5, 5.41) is 10.6. The summed E-state index contributed by atoms with van der Waals surface area (Å²) in [5.41, 5.74) is 1.91. The number of carbonyl (C=O) groups is 1. The van der Waals surface area contributed by atoms with Gasteiger partial charge in [0.05, 0.1) is 11.3 Å². The maximum atomic E-state index is 12.3. The lowest BCUT2D eigenvalue weighted by Crippen LogP contribution is -2.27. The number of likely N-dealkylation sites (N-methyl/N-ethyl adjacent to an activating group) is 1. The summed E-state index contributed by atoms with van der Waals surface area (Å²) in [6.07, 6.45) is 2.24. The molecule has 2 aromatic rings. The van der Waals surface area contributed by atoms with Gasteiger partial charge in [-0.3, -0.25) is 14.9 Å². The Labute approximate surface area is 139 Å². The van der Waals surface area contributed by atoms with Gasteiger partial charge in [0.1, 0.15) is 0 Å². The summed E-state index contributed by atoms with van der Waals surface area (Å²) < 4.78 is 0. The van der Waals surface area contributed by atoms with Gasteiger partial charge in [0, 0.05) is 30.6 Å². The number of benzene rings is 2. The zero-order valence-electron chi connectivity index (χ0n) is 13.1. The first-order chi connectivity index (χ1) is 11.0. The van der Waals surface area contributed by atoms with Crippen LogP contribution in [0.5, 0.6) is 0 Å². The second-order valence-corrected chi connectivity index (χ2v) is 6.01. The first-order valence-electron chi connectivity index (χ1n) is 7.10. The van der Waals surface area contributed by atoms with Gasteiger partial charge in [-0.15, -0.1) is 11.8 Å². The summed E-state index contributed by atoms with van der Waals surface area (Å²) in [6.45, 7) is 0.544. The predicted octanol–water partition coefficient (Wildman–Crippen LogP) is 3.52. The maximum Gasteiger partial charge on any atom is 0.269 e. The lowest BCUT2D eigenvalue weighted by molar-refractivity contribution is -0.384. The summed E-state index contributed by atoms with van der Waals surface area (Å²) >= 11 is 1.66. The van der Waals surface area contributed by atoms with Crippen LogP contribution >= 0.6 is 11.8 Å². The summed E-state index contributed by atoms with van der Waals surface area (Å²) in [6, 6.07) is 14.1. The summed E-state index contributed by atoms with van der Waals surface area (Å²) in [7, 11) is 1.77. The molecule has 120 valence electrons. The van der Waals surface area contributed by atoms with Gasteiger partial charge in [0.15, 0.2) is 0 Å². The molecular weight excluding hydrogens is 312 g/mol. The van der Waals surface area contributed by atoms with Gasteiger partial charge >= 0.3 is 0 Å². The lowest BCUT2D eigenvalue weighted by atomic mass is 10.1. The number of nitrogens with zero attached hydrogens (tertiary/aromatic N) is 2. The first-order valence-corrected chi connectivity index (χ1v) is 8.33. The van der Waals surface area contributed by atoms with Crippen LogP contribution in [0.2, 0.25) is 0 Å². The van der Waals surface area contributed by atoms with Gasteiger partial charge in [-0.05, 0) is 23.4 Å². The van der Waals surface area contributed by atoms with Crippen LogP contribution in [0.3, 0.4) is 0 Å². The molecule has 0 N–H and O–H groups in total. The minimum atomic E-state index is -0.447. The van der Waals surface area contributed by atoms with Crippen molar-refractivity contribution in [3.8, 4) is 0 Å². The molecule has 0 aliphatic rings. The number of carbonyl (C=O) groups excluding carboxylic acids is 1. The average molecular weight is 330 g/mol. The maximum absolute atomic E-state index is 12.3. The largest absolute Gasteiger partial charge is 0.341 e. The van der Waals surface area contributed by atoms with E-state index in [1.165, 1.54) is 12.1 Å². The lowest BCUT2D eigenvalue weighted by Gasteiger charge is -2.19. The molecule has 0 aliphatic carbocycles. The Bertz CT molecular complexity index is 701. The molecule has 0 fully saturated rings. The summed E-state index contributed by atoms with van der Waals surface area (Å²) in [5.74, 6) is -0.0187. The van der Waals surface area contributed by atoms with E-state index in [0.717, 1.165) is 16.0 Å². The second-order valence-electron chi connectivity index (χ2n) is 5.16. The molecule has 23 heavy (non-hydrogen) atoms. The van der Waals surface area contributed by atoms with Crippen molar-refractivity contribution in [3.63, 3.8) is 0 Å². The Hall–Kier alpha value is -2.34. The minimum Gasteiger partial charge on any atom is -0.341 e. The smallest absolute Gasteiger partial charge is 0.269 e. The molecular formula is C17H18N2O3S. The van der Waals surface area contributed by atoms with E-state index in [0.29, 0.717) is 6.54 Å². The number of nitro benzene ring substituents is 1. The van der Waals surface area contributed by atoms with Crippen LogP contribution in [-0.4, -0.2) is 29.0 Å². The second kappa shape index (κ2) is 7.78. The number of rotatable bonds is 6. The van der Waals surface area contributed by atoms with E-state index in [2.05, 4.69) is 0 Å². The van der Waals surface area contributed by atoms with Crippen LogP contribution in [0.25, 0.3) is 0 Å². The molecule has 1 amide bonds. The Kier molecular flexibility index (Phi) is 5.76. The molecule has 0 saturated carbocycles. The van der Waals surface area contributed by atoms with Crippen LogP contribution in [0, 0.1) is 10.1 Å². The molecule has 0 unspecified atom stereocenters. The molecule has 2 aromatic carbocycles. The number of nitro groups is 1. The van der Waals surface area contributed by atoms with Crippen molar-refractivity contribution >= 4 is 23.4 Å². The Morgan fingerprint density at radius 2 is 1.83 bits per heavy atom. The molecule has 0 aromatic heterocycles. The topological polar surface area (TPSA) is 63.5 Å². The molecule has 0 heterocycles. The molecule has 0 aliphatic heterocycles. The Morgan fingerprint density at radius 3 is 2.43 bits per heavy atom. The van der Waals surface area contributed by atoms with Gasteiger partial charge in [0.2, 0.25) is 5.91 Å². The normalized spacial score (nSPS) is 10.3. The predicted molar refractivity (Wildman–Crippen MR) is 91.5 cm³/mol. The highest BCUT2D eigenvalue weighted by Gasteiger charge is 2.13. The SMILES string of the molecule is CSc1ccccc1CN(C)C(=O)Cc1ccc([N+](=O)[O-])cc1. The highest BCUT2D eigenvalue weighted by molar-refractivity contribution is 7.98.